The Balaban J connectivity index is 2.73. The number of carbonyl (C=O) groups is 1. The fourth-order valence-corrected chi connectivity index (χ4v) is 1.36. The zero-order valence-electron chi connectivity index (χ0n) is 8.71. The summed E-state index contributed by atoms with van der Waals surface area (Å²) in [5.41, 5.74) is 0.839. The Morgan fingerprint density at radius 3 is 2.56 bits per heavy atom. The second-order valence-electron chi connectivity index (χ2n) is 3.35. The van der Waals surface area contributed by atoms with Gasteiger partial charge in [0.1, 0.15) is 6.04 Å². The molecule has 1 atom stereocenters. The smallest absolute Gasteiger partial charge is 0.323 e. The predicted octanol–water partition coefficient (Wildman–Crippen LogP) is 1.01. The number of benzene rings is 1. The monoisotopic (exact) mass is 219 g/mol. The summed E-state index contributed by atoms with van der Waals surface area (Å²) in [5, 5.41) is 19.1. The van der Waals surface area contributed by atoms with Gasteiger partial charge in [-0.2, -0.15) is 5.06 Å². The van der Waals surface area contributed by atoms with E-state index >= 15 is 0 Å². The molecule has 1 aromatic rings. The van der Waals surface area contributed by atoms with Crippen LogP contribution in [0.25, 0.3) is 0 Å². The van der Waals surface area contributed by atoms with E-state index in [1.54, 1.807) is 12.1 Å². The van der Waals surface area contributed by atoms with E-state index in [4.69, 9.17) is 11.5 Å². The van der Waals surface area contributed by atoms with Gasteiger partial charge in [0, 0.05) is 6.42 Å². The van der Waals surface area contributed by atoms with Gasteiger partial charge in [-0.05, 0) is 5.56 Å². The third kappa shape index (κ3) is 3.39. The van der Waals surface area contributed by atoms with E-state index in [-0.39, 0.29) is 13.0 Å². The molecule has 2 N–H and O–H groups in total. The van der Waals surface area contributed by atoms with Gasteiger partial charge in [-0.3, -0.25) is 4.79 Å². The lowest BCUT2D eigenvalue weighted by Crippen LogP contribution is -2.40. The van der Waals surface area contributed by atoms with E-state index < -0.39 is 12.0 Å². The third-order valence-corrected chi connectivity index (χ3v) is 2.17. The van der Waals surface area contributed by atoms with Gasteiger partial charge in [0.05, 0.1) is 6.54 Å². The summed E-state index contributed by atoms with van der Waals surface area (Å²) in [7, 11) is 0. The molecule has 0 unspecified atom stereocenters. The molecule has 84 valence electrons. The summed E-state index contributed by atoms with van der Waals surface area (Å²) in [4.78, 5) is 10.9. The van der Waals surface area contributed by atoms with Gasteiger partial charge in [0.2, 0.25) is 0 Å². The molecule has 0 saturated heterocycles. The Labute approximate surface area is 94.1 Å². The van der Waals surface area contributed by atoms with Crippen molar-refractivity contribution < 1.29 is 15.1 Å². The number of carboxylic acid groups (broad SMARTS) is 1. The minimum atomic E-state index is -1.10. The van der Waals surface area contributed by atoms with Crippen LogP contribution in [-0.2, 0) is 11.2 Å². The summed E-state index contributed by atoms with van der Waals surface area (Å²) in [6.45, 7) is -0.107. The molecule has 0 spiro atoms. The van der Waals surface area contributed by atoms with Gasteiger partial charge in [-0.15, -0.1) is 6.42 Å². The number of aliphatic carboxylic acids is 1. The molecule has 0 aliphatic rings. The fraction of sp³-hybridized carbons (Fsp3) is 0.250. The van der Waals surface area contributed by atoms with Crippen molar-refractivity contribution in [3.63, 3.8) is 0 Å². The highest BCUT2D eigenvalue weighted by atomic mass is 16.5. The quantitative estimate of drug-likeness (QED) is 0.573. The largest absolute Gasteiger partial charge is 0.480 e. The van der Waals surface area contributed by atoms with Crippen molar-refractivity contribution >= 4 is 5.97 Å². The maximum absolute atomic E-state index is 10.9. The van der Waals surface area contributed by atoms with E-state index in [0.29, 0.717) is 5.06 Å². The van der Waals surface area contributed by atoms with Gasteiger partial charge in [-0.25, -0.2) is 0 Å². The molecule has 0 bridgehead atoms. The molecule has 0 aliphatic carbocycles. The van der Waals surface area contributed by atoms with Crippen LogP contribution in [0, 0.1) is 12.3 Å². The zero-order chi connectivity index (χ0) is 12.0. The van der Waals surface area contributed by atoms with Crippen LogP contribution in [0.3, 0.4) is 0 Å². The van der Waals surface area contributed by atoms with Crippen LogP contribution in [0.4, 0.5) is 0 Å². The first-order chi connectivity index (χ1) is 7.65. The minimum absolute atomic E-state index is 0.107. The van der Waals surface area contributed by atoms with Crippen molar-refractivity contribution in [2.75, 3.05) is 6.54 Å². The predicted molar refractivity (Wildman–Crippen MR) is 58.9 cm³/mol. The molecule has 0 aromatic heterocycles. The standard InChI is InChI=1S/C12H13NO3/c1-2-8-13(16)11(12(14)15)9-10-6-4-3-5-7-10/h1,3-7,11,16H,8-9H2,(H,14,15)/t11-/m0/s1. The molecule has 0 heterocycles. The Hall–Kier alpha value is -1.83. The van der Waals surface area contributed by atoms with Crippen molar-refractivity contribution in [1.82, 2.24) is 5.06 Å². The van der Waals surface area contributed by atoms with Gasteiger partial charge in [0.25, 0.3) is 0 Å². The van der Waals surface area contributed by atoms with Crippen LogP contribution < -0.4 is 0 Å². The Bertz CT molecular complexity index is 383. The van der Waals surface area contributed by atoms with Gasteiger partial charge in [-0.1, -0.05) is 36.3 Å². The molecular weight excluding hydrogens is 206 g/mol. The highest BCUT2D eigenvalue weighted by Crippen LogP contribution is 2.07. The fourth-order valence-electron chi connectivity index (χ4n) is 1.36. The van der Waals surface area contributed by atoms with Crippen molar-refractivity contribution in [2.45, 2.75) is 12.5 Å². The van der Waals surface area contributed by atoms with Crippen LogP contribution in [0.5, 0.6) is 0 Å². The van der Waals surface area contributed by atoms with Crippen LogP contribution >= 0.6 is 0 Å². The first-order valence-corrected chi connectivity index (χ1v) is 4.81. The molecule has 1 rings (SSSR count). The summed E-state index contributed by atoms with van der Waals surface area (Å²) in [6, 6.07) is 8.07. The number of rotatable bonds is 5. The first kappa shape index (κ1) is 12.2. The number of hydrogen-bond donors (Lipinski definition) is 2. The van der Waals surface area contributed by atoms with E-state index in [9.17, 15) is 10.0 Å². The molecule has 0 amide bonds. The lowest BCUT2D eigenvalue weighted by Gasteiger charge is -2.20. The SMILES string of the molecule is C#CCN(O)[C@@H](Cc1ccccc1)C(=O)O. The number of terminal acetylenes is 1. The minimum Gasteiger partial charge on any atom is -0.480 e. The Morgan fingerprint density at radius 1 is 1.44 bits per heavy atom. The Morgan fingerprint density at radius 2 is 2.06 bits per heavy atom. The molecule has 1 aromatic carbocycles. The van der Waals surface area contributed by atoms with Crippen LogP contribution in [0.2, 0.25) is 0 Å². The first-order valence-electron chi connectivity index (χ1n) is 4.81. The number of nitrogens with zero attached hydrogens (tertiary/aromatic N) is 1. The molecule has 0 fully saturated rings. The summed E-state index contributed by atoms with van der Waals surface area (Å²) >= 11 is 0. The van der Waals surface area contributed by atoms with Crippen molar-refractivity contribution in [2.24, 2.45) is 0 Å². The van der Waals surface area contributed by atoms with Gasteiger partial charge >= 0.3 is 5.97 Å². The highest BCUT2D eigenvalue weighted by Gasteiger charge is 2.23. The van der Waals surface area contributed by atoms with E-state index in [2.05, 4.69) is 5.92 Å². The highest BCUT2D eigenvalue weighted by molar-refractivity contribution is 5.73. The average Bonchev–Trinajstić information content (AvgIpc) is 2.27. The lowest BCUT2D eigenvalue weighted by molar-refractivity contribution is -0.165. The second kappa shape index (κ2) is 5.91. The maximum Gasteiger partial charge on any atom is 0.323 e. The lowest BCUT2D eigenvalue weighted by atomic mass is 10.1. The van der Waals surface area contributed by atoms with Crippen molar-refractivity contribution in [1.29, 1.82) is 0 Å². The zero-order valence-corrected chi connectivity index (χ0v) is 8.71. The topological polar surface area (TPSA) is 60.8 Å². The molecular formula is C12H13NO3. The van der Waals surface area contributed by atoms with Crippen molar-refractivity contribution in [3.8, 4) is 12.3 Å². The third-order valence-electron chi connectivity index (χ3n) is 2.17. The average molecular weight is 219 g/mol. The molecule has 0 saturated carbocycles. The van der Waals surface area contributed by atoms with Crippen LogP contribution in [0.15, 0.2) is 30.3 Å². The Kier molecular flexibility index (Phi) is 4.52. The molecule has 0 radical (unpaired) electrons. The normalized spacial score (nSPS) is 12.1. The van der Waals surface area contributed by atoms with Gasteiger partial charge in [0.15, 0.2) is 0 Å². The van der Waals surface area contributed by atoms with E-state index in [1.165, 1.54) is 0 Å². The molecule has 4 heteroatoms. The van der Waals surface area contributed by atoms with E-state index in [0.717, 1.165) is 5.56 Å². The number of carboxylic acids is 1. The molecule has 16 heavy (non-hydrogen) atoms. The summed E-state index contributed by atoms with van der Waals surface area (Å²) in [5.74, 6) is 1.11. The van der Waals surface area contributed by atoms with Crippen molar-refractivity contribution in [3.05, 3.63) is 35.9 Å². The number of hydrogen-bond acceptors (Lipinski definition) is 3. The number of hydroxylamine groups is 2. The second-order valence-corrected chi connectivity index (χ2v) is 3.35. The van der Waals surface area contributed by atoms with Gasteiger partial charge < -0.3 is 10.3 Å². The van der Waals surface area contributed by atoms with Crippen LogP contribution in [-0.4, -0.2) is 33.9 Å². The van der Waals surface area contributed by atoms with Crippen LogP contribution in [0.1, 0.15) is 5.56 Å². The summed E-state index contributed by atoms with van der Waals surface area (Å²) in [6.07, 6.45) is 5.23. The van der Waals surface area contributed by atoms with E-state index in [1.807, 2.05) is 18.2 Å². The molecule has 4 nitrogen and oxygen atoms in total. The maximum atomic E-state index is 10.9. The summed E-state index contributed by atoms with van der Waals surface area (Å²) < 4.78 is 0. The molecule has 0 aliphatic heterocycles.